The monoisotopic (exact) mass is 275 g/mol. The molecule has 1 heterocycles. The van der Waals surface area contributed by atoms with E-state index in [9.17, 15) is 0 Å². The molecule has 1 aromatic carbocycles. The molecule has 4 nitrogen and oxygen atoms in total. The molecule has 0 N–H and O–H groups in total. The number of rotatable bonds is 5. The van der Waals surface area contributed by atoms with Crippen molar-refractivity contribution in [2.75, 3.05) is 12.9 Å². The van der Waals surface area contributed by atoms with Gasteiger partial charge in [-0.1, -0.05) is 36.0 Å². The third-order valence-electron chi connectivity index (χ3n) is 2.63. The maximum absolute atomic E-state index is 5.36. The molecule has 2 rings (SSSR count). The summed E-state index contributed by atoms with van der Waals surface area (Å²) in [5, 5.41) is 9.35. The number of hydrogen-bond acceptors (Lipinski definition) is 4. The van der Waals surface area contributed by atoms with Crippen molar-refractivity contribution in [1.82, 2.24) is 14.8 Å². The second-order valence-electron chi connectivity index (χ2n) is 4.31. The molecule has 19 heavy (non-hydrogen) atoms. The van der Waals surface area contributed by atoms with Gasteiger partial charge in [0.2, 0.25) is 0 Å². The van der Waals surface area contributed by atoms with Crippen LogP contribution in [-0.4, -0.2) is 27.6 Å². The normalized spacial score (nSPS) is 10.5. The Kier molecular flexibility index (Phi) is 4.27. The van der Waals surface area contributed by atoms with Crippen LogP contribution < -0.4 is 4.74 Å². The van der Waals surface area contributed by atoms with Gasteiger partial charge in [-0.3, -0.25) is 0 Å². The molecule has 0 amide bonds. The Balaban J connectivity index is 2.33. The molecule has 0 atom stereocenters. The van der Waals surface area contributed by atoms with Crippen molar-refractivity contribution in [1.29, 1.82) is 0 Å². The number of aromatic nitrogens is 3. The second-order valence-corrected chi connectivity index (χ2v) is 5.25. The highest BCUT2D eigenvalue weighted by atomic mass is 32.2. The predicted octanol–water partition coefficient (Wildman–Crippen LogP) is 3.16. The zero-order chi connectivity index (χ0) is 13.8. The summed E-state index contributed by atoms with van der Waals surface area (Å²) >= 11 is 1.63. The number of nitrogens with zero attached hydrogens (tertiary/aromatic N) is 3. The number of para-hydroxylation sites is 1. The molecule has 2 aromatic rings. The lowest BCUT2D eigenvalue weighted by atomic mass is 10.2. The fourth-order valence-corrected chi connectivity index (χ4v) is 2.45. The summed E-state index contributed by atoms with van der Waals surface area (Å²) in [6.45, 7) is 5.90. The molecule has 0 unspecified atom stereocenters. The van der Waals surface area contributed by atoms with Crippen LogP contribution in [0.5, 0.6) is 5.75 Å². The van der Waals surface area contributed by atoms with Crippen LogP contribution in [0.1, 0.15) is 6.92 Å². The zero-order valence-electron chi connectivity index (χ0n) is 11.4. The van der Waals surface area contributed by atoms with E-state index in [4.69, 9.17) is 4.74 Å². The lowest BCUT2D eigenvalue weighted by Gasteiger charge is -2.08. The molecule has 1 aromatic heterocycles. The van der Waals surface area contributed by atoms with Crippen LogP contribution in [0.15, 0.2) is 41.6 Å². The Morgan fingerprint density at radius 3 is 2.79 bits per heavy atom. The first-order chi connectivity index (χ1) is 9.13. The fourth-order valence-electron chi connectivity index (χ4n) is 1.69. The van der Waals surface area contributed by atoms with Crippen molar-refractivity contribution in [3.63, 3.8) is 0 Å². The largest absolute Gasteiger partial charge is 0.496 e. The minimum Gasteiger partial charge on any atom is -0.496 e. The van der Waals surface area contributed by atoms with Crippen molar-refractivity contribution in [3.05, 3.63) is 36.4 Å². The van der Waals surface area contributed by atoms with Crippen LogP contribution in [0.25, 0.3) is 11.4 Å². The number of hydrogen-bond donors (Lipinski definition) is 0. The van der Waals surface area contributed by atoms with Gasteiger partial charge in [0.15, 0.2) is 11.0 Å². The molecule has 0 saturated heterocycles. The Morgan fingerprint density at radius 1 is 1.37 bits per heavy atom. The fraction of sp³-hybridized carbons (Fsp3) is 0.286. The van der Waals surface area contributed by atoms with Crippen molar-refractivity contribution in [2.45, 2.75) is 12.1 Å². The van der Waals surface area contributed by atoms with E-state index in [1.54, 1.807) is 18.9 Å². The maximum atomic E-state index is 5.36. The number of thioether (sulfide) groups is 1. The first-order valence-electron chi connectivity index (χ1n) is 5.93. The molecule has 0 fully saturated rings. The number of methoxy groups -OCH3 is 1. The van der Waals surface area contributed by atoms with Crippen LogP contribution in [0.3, 0.4) is 0 Å². The van der Waals surface area contributed by atoms with Gasteiger partial charge in [-0.05, 0) is 19.1 Å². The van der Waals surface area contributed by atoms with Crippen LogP contribution in [-0.2, 0) is 7.05 Å². The van der Waals surface area contributed by atoms with E-state index in [1.807, 2.05) is 42.8 Å². The molecule has 0 radical (unpaired) electrons. The van der Waals surface area contributed by atoms with Gasteiger partial charge in [-0.15, -0.1) is 10.2 Å². The van der Waals surface area contributed by atoms with Gasteiger partial charge in [-0.2, -0.15) is 0 Å². The Morgan fingerprint density at radius 2 is 2.11 bits per heavy atom. The summed E-state index contributed by atoms with van der Waals surface area (Å²) in [4.78, 5) is 0. The molecular weight excluding hydrogens is 258 g/mol. The highest BCUT2D eigenvalue weighted by molar-refractivity contribution is 7.99. The van der Waals surface area contributed by atoms with Gasteiger partial charge < -0.3 is 9.30 Å². The van der Waals surface area contributed by atoms with Gasteiger partial charge in [0.1, 0.15) is 5.75 Å². The van der Waals surface area contributed by atoms with Gasteiger partial charge in [-0.25, -0.2) is 0 Å². The smallest absolute Gasteiger partial charge is 0.191 e. The molecule has 0 spiro atoms. The average molecular weight is 275 g/mol. The van der Waals surface area contributed by atoms with Crippen molar-refractivity contribution < 1.29 is 4.74 Å². The lowest BCUT2D eigenvalue weighted by molar-refractivity contribution is 0.416. The first-order valence-corrected chi connectivity index (χ1v) is 6.92. The molecule has 0 bridgehead atoms. The topological polar surface area (TPSA) is 39.9 Å². The second kappa shape index (κ2) is 5.93. The average Bonchev–Trinajstić information content (AvgIpc) is 2.77. The standard InChI is InChI=1S/C14H17N3OS/c1-10(2)9-19-14-16-15-13(17(14)3)11-7-5-6-8-12(11)18-4/h5-8H,1,9H2,2-4H3. The van der Waals surface area contributed by atoms with Gasteiger partial charge in [0, 0.05) is 12.8 Å². The minimum absolute atomic E-state index is 0.800. The predicted molar refractivity (Wildman–Crippen MR) is 78.5 cm³/mol. The summed E-state index contributed by atoms with van der Waals surface area (Å²) < 4.78 is 7.34. The Labute approximate surface area is 117 Å². The zero-order valence-corrected chi connectivity index (χ0v) is 12.2. The van der Waals surface area contributed by atoms with E-state index < -0.39 is 0 Å². The molecular formula is C14H17N3OS. The van der Waals surface area contributed by atoms with E-state index in [2.05, 4.69) is 16.8 Å². The van der Waals surface area contributed by atoms with Crippen LogP contribution in [0.4, 0.5) is 0 Å². The van der Waals surface area contributed by atoms with E-state index in [0.717, 1.165) is 33.6 Å². The van der Waals surface area contributed by atoms with E-state index >= 15 is 0 Å². The van der Waals surface area contributed by atoms with Crippen molar-refractivity contribution in [3.8, 4) is 17.1 Å². The SMILES string of the molecule is C=C(C)CSc1nnc(-c2ccccc2OC)n1C. The molecule has 0 saturated carbocycles. The lowest BCUT2D eigenvalue weighted by Crippen LogP contribution is -1.97. The third kappa shape index (κ3) is 2.98. The summed E-state index contributed by atoms with van der Waals surface area (Å²) in [7, 11) is 3.62. The summed E-state index contributed by atoms with van der Waals surface area (Å²) in [6, 6.07) is 7.81. The van der Waals surface area contributed by atoms with E-state index in [1.165, 1.54) is 0 Å². The first kappa shape index (κ1) is 13.7. The van der Waals surface area contributed by atoms with Gasteiger partial charge >= 0.3 is 0 Å². The van der Waals surface area contributed by atoms with Crippen molar-refractivity contribution in [2.24, 2.45) is 7.05 Å². The highest BCUT2D eigenvalue weighted by Gasteiger charge is 2.14. The van der Waals surface area contributed by atoms with Crippen LogP contribution in [0.2, 0.25) is 0 Å². The summed E-state index contributed by atoms with van der Waals surface area (Å²) in [5.41, 5.74) is 2.06. The summed E-state index contributed by atoms with van der Waals surface area (Å²) in [5.74, 6) is 2.45. The number of ether oxygens (including phenoxy) is 1. The van der Waals surface area contributed by atoms with Crippen LogP contribution in [0, 0.1) is 0 Å². The maximum Gasteiger partial charge on any atom is 0.191 e. The molecule has 0 aliphatic heterocycles. The quantitative estimate of drug-likeness (QED) is 0.621. The summed E-state index contributed by atoms with van der Waals surface area (Å²) in [6.07, 6.45) is 0. The molecule has 0 aliphatic carbocycles. The molecule has 0 aliphatic rings. The van der Waals surface area contributed by atoms with Gasteiger partial charge in [0.25, 0.3) is 0 Å². The van der Waals surface area contributed by atoms with Gasteiger partial charge in [0.05, 0.1) is 12.7 Å². The Bertz CT molecular complexity index is 592. The highest BCUT2D eigenvalue weighted by Crippen LogP contribution is 2.30. The van der Waals surface area contributed by atoms with Crippen molar-refractivity contribution >= 4 is 11.8 Å². The number of benzene rings is 1. The van der Waals surface area contributed by atoms with E-state index in [0.29, 0.717) is 0 Å². The molecule has 5 heteroatoms. The Hall–Kier alpha value is -1.75. The third-order valence-corrected chi connectivity index (χ3v) is 3.88. The van der Waals surface area contributed by atoms with E-state index in [-0.39, 0.29) is 0 Å². The minimum atomic E-state index is 0.800. The molecule has 100 valence electrons. The van der Waals surface area contributed by atoms with Crippen LogP contribution >= 0.6 is 11.8 Å².